The summed E-state index contributed by atoms with van der Waals surface area (Å²) in [6, 6.07) is 2.04. The van der Waals surface area contributed by atoms with Crippen molar-refractivity contribution >= 4 is 27.5 Å². The van der Waals surface area contributed by atoms with Crippen LogP contribution < -0.4 is 15.4 Å². The van der Waals surface area contributed by atoms with Gasteiger partial charge in [-0.05, 0) is 47.4 Å². The largest absolute Gasteiger partial charge is 0.477 e. The fourth-order valence-electron chi connectivity index (χ4n) is 2.30. The molecular formula is C13H17BrN2O2. The van der Waals surface area contributed by atoms with Crippen LogP contribution in [0.2, 0.25) is 0 Å². The fraction of sp³-hybridized carbons (Fsp3) is 0.462. The van der Waals surface area contributed by atoms with Gasteiger partial charge in [0.25, 0.3) is 5.91 Å². The molecule has 0 spiro atoms. The van der Waals surface area contributed by atoms with Crippen molar-refractivity contribution < 1.29 is 9.53 Å². The van der Waals surface area contributed by atoms with E-state index in [2.05, 4.69) is 15.9 Å². The third-order valence-electron chi connectivity index (χ3n) is 3.20. The number of fused-ring (bicyclic) bond motifs is 1. The lowest BCUT2D eigenvalue weighted by atomic mass is 10.1. The summed E-state index contributed by atoms with van der Waals surface area (Å²) in [5.41, 5.74) is 8.49. The molecule has 1 aliphatic heterocycles. The van der Waals surface area contributed by atoms with E-state index in [9.17, 15) is 4.79 Å². The standard InChI is InChI=1S/C13H17BrN2O2/c1-7-6-8(2)11-12(10(7)14)18-9(4-5-15)13(17)16(11)3/h6,9H,4-5,15H2,1-3H3. The fourth-order valence-corrected chi connectivity index (χ4v) is 2.69. The van der Waals surface area contributed by atoms with Crippen LogP contribution >= 0.6 is 15.9 Å². The summed E-state index contributed by atoms with van der Waals surface area (Å²) in [5, 5.41) is 0. The Bertz CT molecular complexity index is 502. The van der Waals surface area contributed by atoms with Gasteiger partial charge < -0.3 is 15.4 Å². The Morgan fingerprint density at radius 2 is 2.11 bits per heavy atom. The molecule has 1 aliphatic rings. The van der Waals surface area contributed by atoms with Crippen molar-refractivity contribution in [3.05, 3.63) is 21.7 Å². The molecule has 18 heavy (non-hydrogen) atoms. The van der Waals surface area contributed by atoms with E-state index >= 15 is 0 Å². The Morgan fingerprint density at radius 1 is 1.44 bits per heavy atom. The van der Waals surface area contributed by atoms with E-state index in [4.69, 9.17) is 10.5 Å². The van der Waals surface area contributed by atoms with Crippen LogP contribution in [0, 0.1) is 13.8 Å². The molecule has 0 fully saturated rings. The van der Waals surface area contributed by atoms with E-state index in [0.717, 1.165) is 27.0 Å². The van der Waals surface area contributed by atoms with Crippen LogP contribution in [-0.2, 0) is 4.79 Å². The lowest BCUT2D eigenvalue weighted by molar-refractivity contribution is -0.126. The summed E-state index contributed by atoms with van der Waals surface area (Å²) < 4.78 is 6.74. The van der Waals surface area contributed by atoms with Gasteiger partial charge in [-0.15, -0.1) is 0 Å². The molecule has 4 nitrogen and oxygen atoms in total. The molecule has 1 aromatic carbocycles. The van der Waals surface area contributed by atoms with Gasteiger partial charge in [-0.2, -0.15) is 0 Å². The monoisotopic (exact) mass is 312 g/mol. The van der Waals surface area contributed by atoms with Crippen molar-refractivity contribution in [2.24, 2.45) is 5.73 Å². The maximum atomic E-state index is 12.2. The second kappa shape index (κ2) is 4.90. The number of hydrogen-bond donors (Lipinski definition) is 1. The van der Waals surface area contributed by atoms with E-state index in [1.54, 1.807) is 11.9 Å². The van der Waals surface area contributed by atoms with Crippen molar-refractivity contribution in [1.29, 1.82) is 0 Å². The molecule has 1 atom stereocenters. The van der Waals surface area contributed by atoms with Crippen molar-refractivity contribution in [3.8, 4) is 5.75 Å². The summed E-state index contributed by atoms with van der Waals surface area (Å²) in [5.74, 6) is 0.708. The molecular weight excluding hydrogens is 296 g/mol. The second-order valence-electron chi connectivity index (χ2n) is 4.58. The molecule has 0 radical (unpaired) electrons. The first kappa shape index (κ1) is 13.4. The van der Waals surface area contributed by atoms with Gasteiger partial charge in [0.15, 0.2) is 11.9 Å². The molecule has 98 valence electrons. The van der Waals surface area contributed by atoms with Gasteiger partial charge in [0.1, 0.15) is 0 Å². The highest BCUT2D eigenvalue weighted by Crippen LogP contribution is 2.43. The number of carbonyl (C=O) groups excluding carboxylic acids is 1. The first-order chi connectivity index (χ1) is 8.47. The van der Waals surface area contributed by atoms with E-state index in [0.29, 0.717) is 13.0 Å². The van der Waals surface area contributed by atoms with E-state index in [1.165, 1.54) is 0 Å². The van der Waals surface area contributed by atoms with E-state index < -0.39 is 6.10 Å². The number of nitrogens with zero attached hydrogens (tertiary/aromatic N) is 1. The van der Waals surface area contributed by atoms with E-state index in [1.807, 2.05) is 19.9 Å². The molecule has 0 aliphatic carbocycles. The van der Waals surface area contributed by atoms with Crippen LogP contribution in [0.1, 0.15) is 17.5 Å². The number of nitrogens with two attached hydrogens (primary N) is 1. The third kappa shape index (κ3) is 2.01. The highest BCUT2D eigenvalue weighted by molar-refractivity contribution is 9.10. The van der Waals surface area contributed by atoms with Gasteiger partial charge in [0.2, 0.25) is 0 Å². The normalized spacial score (nSPS) is 18.6. The van der Waals surface area contributed by atoms with Crippen LogP contribution in [0.3, 0.4) is 0 Å². The van der Waals surface area contributed by atoms with Gasteiger partial charge in [0.05, 0.1) is 10.2 Å². The van der Waals surface area contributed by atoms with Gasteiger partial charge in [-0.1, -0.05) is 6.07 Å². The summed E-state index contributed by atoms with van der Waals surface area (Å²) in [4.78, 5) is 13.8. The predicted octanol–water partition coefficient (Wildman–Crippen LogP) is 2.14. The number of anilines is 1. The van der Waals surface area contributed by atoms with Gasteiger partial charge in [-0.25, -0.2) is 0 Å². The Morgan fingerprint density at radius 3 is 2.72 bits per heavy atom. The number of aryl methyl sites for hydroxylation is 2. The zero-order chi connectivity index (χ0) is 13.4. The van der Waals surface area contributed by atoms with Crippen molar-refractivity contribution in [1.82, 2.24) is 0 Å². The van der Waals surface area contributed by atoms with Gasteiger partial charge in [-0.3, -0.25) is 4.79 Å². The number of hydrogen-bond acceptors (Lipinski definition) is 3. The third-order valence-corrected chi connectivity index (χ3v) is 4.18. The number of ether oxygens (including phenoxy) is 1. The quantitative estimate of drug-likeness (QED) is 0.910. The molecule has 0 saturated carbocycles. The average Bonchev–Trinajstić information content (AvgIpc) is 2.32. The highest BCUT2D eigenvalue weighted by Gasteiger charge is 2.34. The second-order valence-corrected chi connectivity index (χ2v) is 5.38. The highest BCUT2D eigenvalue weighted by atomic mass is 79.9. The summed E-state index contributed by atoms with van der Waals surface area (Å²) in [6.45, 7) is 4.42. The van der Waals surface area contributed by atoms with Crippen LogP contribution in [0.4, 0.5) is 5.69 Å². The van der Waals surface area contributed by atoms with Crippen LogP contribution in [-0.4, -0.2) is 25.6 Å². The number of halogens is 1. The number of benzene rings is 1. The first-order valence-corrected chi connectivity index (χ1v) is 6.70. The molecule has 1 amide bonds. The summed E-state index contributed by atoms with van der Waals surface area (Å²) in [7, 11) is 1.78. The molecule has 0 bridgehead atoms. The average molecular weight is 313 g/mol. The smallest absolute Gasteiger partial charge is 0.267 e. The Labute approximate surface area is 115 Å². The van der Waals surface area contributed by atoms with Gasteiger partial charge >= 0.3 is 0 Å². The van der Waals surface area contributed by atoms with E-state index in [-0.39, 0.29) is 5.91 Å². The number of carbonyl (C=O) groups is 1. The maximum absolute atomic E-state index is 12.2. The van der Waals surface area contributed by atoms with Crippen molar-refractivity contribution in [2.45, 2.75) is 26.4 Å². The molecule has 2 N–H and O–H groups in total. The Kier molecular flexibility index (Phi) is 3.64. The van der Waals surface area contributed by atoms with Crippen LogP contribution in [0.25, 0.3) is 0 Å². The predicted molar refractivity (Wildman–Crippen MR) is 75.1 cm³/mol. The minimum absolute atomic E-state index is 0.0354. The van der Waals surface area contributed by atoms with Crippen molar-refractivity contribution in [3.63, 3.8) is 0 Å². The molecule has 5 heteroatoms. The minimum Gasteiger partial charge on any atom is -0.477 e. The van der Waals surface area contributed by atoms with Crippen LogP contribution in [0.15, 0.2) is 10.5 Å². The SMILES string of the molecule is Cc1cc(C)c2c(c1Br)OC(CCN)C(=O)N2C. The number of likely N-dealkylation sites (N-methyl/N-ethyl adjacent to an activating group) is 1. The Hall–Kier alpha value is -1.07. The zero-order valence-corrected chi connectivity index (χ0v) is 12.4. The first-order valence-electron chi connectivity index (χ1n) is 5.91. The molecule has 0 aromatic heterocycles. The lowest BCUT2D eigenvalue weighted by Gasteiger charge is -2.34. The molecule has 1 aromatic rings. The topological polar surface area (TPSA) is 55.6 Å². The molecule has 1 unspecified atom stereocenters. The summed E-state index contributed by atoms with van der Waals surface area (Å²) >= 11 is 3.53. The summed E-state index contributed by atoms with van der Waals surface area (Å²) in [6.07, 6.45) is 0.0483. The Balaban J connectivity index is 2.55. The minimum atomic E-state index is -0.481. The van der Waals surface area contributed by atoms with Crippen molar-refractivity contribution in [2.75, 3.05) is 18.5 Å². The number of rotatable bonds is 2. The molecule has 1 heterocycles. The zero-order valence-electron chi connectivity index (χ0n) is 10.8. The molecule has 0 saturated heterocycles. The lowest BCUT2D eigenvalue weighted by Crippen LogP contribution is -2.45. The number of amides is 1. The van der Waals surface area contributed by atoms with Crippen LogP contribution in [0.5, 0.6) is 5.75 Å². The maximum Gasteiger partial charge on any atom is 0.267 e. The van der Waals surface area contributed by atoms with Gasteiger partial charge in [0, 0.05) is 13.5 Å². The molecule has 2 rings (SSSR count).